The minimum Gasteiger partial charge on any atom is -0.378 e. The van der Waals surface area contributed by atoms with Gasteiger partial charge in [0.05, 0.1) is 22.9 Å². The van der Waals surface area contributed by atoms with E-state index in [-0.39, 0.29) is 6.04 Å². The zero-order valence-electron chi connectivity index (χ0n) is 12.3. The molecule has 1 fully saturated rings. The molecular weight excluding hydrogens is 284 g/mol. The summed E-state index contributed by atoms with van der Waals surface area (Å²) in [6, 6.07) is 6.51. The average Bonchev–Trinajstić information content (AvgIpc) is 3.18. The molecule has 1 aliphatic heterocycles. The van der Waals surface area contributed by atoms with Crippen molar-refractivity contribution >= 4 is 23.0 Å². The molecule has 0 radical (unpaired) electrons. The maximum atomic E-state index is 6.46. The van der Waals surface area contributed by atoms with Crippen molar-refractivity contribution in [3.8, 4) is 0 Å². The summed E-state index contributed by atoms with van der Waals surface area (Å²) in [5.41, 5.74) is 3.37. The minimum absolute atomic E-state index is 0.248. The van der Waals surface area contributed by atoms with Gasteiger partial charge in [-0.1, -0.05) is 18.5 Å². The van der Waals surface area contributed by atoms with Crippen molar-refractivity contribution in [2.24, 2.45) is 0 Å². The highest BCUT2D eigenvalue weighted by atomic mass is 35.5. The number of hydrogen-bond donors (Lipinski definition) is 2. The first-order valence-electron chi connectivity index (χ1n) is 7.57. The first-order chi connectivity index (χ1) is 10.3. The summed E-state index contributed by atoms with van der Waals surface area (Å²) in [5, 5.41) is 11.2. The monoisotopic (exact) mass is 304 g/mol. The number of aromatic nitrogens is 2. The summed E-state index contributed by atoms with van der Waals surface area (Å²) in [6.07, 6.45) is 7.30. The van der Waals surface area contributed by atoms with Crippen LogP contribution < -0.4 is 10.2 Å². The van der Waals surface area contributed by atoms with E-state index in [4.69, 9.17) is 11.6 Å². The summed E-state index contributed by atoms with van der Waals surface area (Å²) in [5.74, 6) is 0. The Hall–Kier alpha value is -1.68. The lowest BCUT2D eigenvalue weighted by Crippen LogP contribution is -2.18. The molecule has 1 atom stereocenters. The molecule has 2 heterocycles. The van der Waals surface area contributed by atoms with Crippen molar-refractivity contribution in [1.82, 2.24) is 10.2 Å². The number of anilines is 2. The Morgan fingerprint density at radius 2 is 2.19 bits per heavy atom. The zero-order chi connectivity index (χ0) is 14.7. The number of rotatable bonds is 5. The topological polar surface area (TPSA) is 44.0 Å². The van der Waals surface area contributed by atoms with Crippen molar-refractivity contribution in [2.45, 2.75) is 32.2 Å². The van der Waals surface area contributed by atoms with Crippen LogP contribution in [0.3, 0.4) is 0 Å². The summed E-state index contributed by atoms with van der Waals surface area (Å²) in [6.45, 7) is 4.38. The van der Waals surface area contributed by atoms with Crippen LogP contribution in [-0.2, 0) is 0 Å². The first kappa shape index (κ1) is 14.3. The van der Waals surface area contributed by atoms with Crippen LogP contribution in [0.4, 0.5) is 11.4 Å². The van der Waals surface area contributed by atoms with Gasteiger partial charge in [0.1, 0.15) is 0 Å². The largest absolute Gasteiger partial charge is 0.378 e. The van der Waals surface area contributed by atoms with E-state index in [9.17, 15) is 0 Å². The Labute approximate surface area is 130 Å². The van der Waals surface area contributed by atoms with Crippen LogP contribution in [-0.4, -0.2) is 23.3 Å². The van der Waals surface area contributed by atoms with Crippen LogP contribution in [0.5, 0.6) is 0 Å². The van der Waals surface area contributed by atoms with Gasteiger partial charge in [-0.25, -0.2) is 0 Å². The van der Waals surface area contributed by atoms with Crippen molar-refractivity contribution in [3.63, 3.8) is 0 Å². The van der Waals surface area contributed by atoms with E-state index in [2.05, 4.69) is 39.5 Å². The Morgan fingerprint density at radius 3 is 2.81 bits per heavy atom. The van der Waals surface area contributed by atoms with Gasteiger partial charge >= 0.3 is 0 Å². The quantitative estimate of drug-likeness (QED) is 0.869. The summed E-state index contributed by atoms with van der Waals surface area (Å²) < 4.78 is 0. The standard InChI is InChI=1S/C16H21ClN4/c1-2-15(12-10-18-19-11-12)20-13-5-6-16(14(17)9-13)21-7-3-4-8-21/h5-6,9-11,15,20H,2-4,7-8H2,1H3,(H,18,19)/t15-/m1/s1. The molecule has 1 saturated heterocycles. The lowest BCUT2D eigenvalue weighted by Gasteiger charge is -2.21. The van der Waals surface area contributed by atoms with E-state index in [0.29, 0.717) is 0 Å². The molecule has 0 aliphatic carbocycles. The highest BCUT2D eigenvalue weighted by Gasteiger charge is 2.16. The second-order valence-electron chi connectivity index (χ2n) is 5.50. The maximum absolute atomic E-state index is 6.46. The summed E-state index contributed by atoms with van der Waals surface area (Å²) in [7, 11) is 0. The molecule has 0 bridgehead atoms. The molecule has 2 aromatic rings. The average molecular weight is 305 g/mol. The van der Waals surface area contributed by atoms with Crippen molar-refractivity contribution in [1.29, 1.82) is 0 Å². The van der Waals surface area contributed by atoms with E-state index in [1.807, 2.05) is 18.5 Å². The fourth-order valence-electron chi connectivity index (χ4n) is 2.88. The van der Waals surface area contributed by atoms with E-state index < -0.39 is 0 Å². The smallest absolute Gasteiger partial charge is 0.0660 e. The molecule has 5 heteroatoms. The lowest BCUT2D eigenvalue weighted by molar-refractivity contribution is 0.750. The van der Waals surface area contributed by atoms with Crippen molar-refractivity contribution in [3.05, 3.63) is 41.2 Å². The second kappa shape index (κ2) is 6.39. The predicted molar refractivity (Wildman–Crippen MR) is 88.1 cm³/mol. The van der Waals surface area contributed by atoms with E-state index in [1.54, 1.807) is 0 Å². The van der Waals surface area contributed by atoms with E-state index in [1.165, 1.54) is 12.8 Å². The molecule has 1 aromatic heterocycles. The second-order valence-corrected chi connectivity index (χ2v) is 5.90. The Morgan fingerprint density at radius 1 is 1.38 bits per heavy atom. The van der Waals surface area contributed by atoms with Crippen LogP contribution in [0.2, 0.25) is 5.02 Å². The molecule has 0 amide bonds. The Balaban J connectivity index is 1.75. The lowest BCUT2D eigenvalue weighted by atomic mass is 10.1. The van der Waals surface area contributed by atoms with E-state index in [0.717, 1.165) is 41.5 Å². The van der Waals surface area contributed by atoms with Crippen LogP contribution >= 0.6 is 11.6 Å². The highest BCUT2D eigenvalue weighted by molar-refractivity contribution is 6.33. The molecule has 3 rings (SSSR count). The van der Waals surface area contributed by atoms with E-state index >= 15 is 0 Å². The molecule has 21 heavy (non-hydrogen) atoms. The number of nitrogens with one attached hydrogen (secondary N) is 2. The van der Waals surface area contributed by atoms with Gasteiger partial charge in [0.25, 0.3) is 0 Å². The molecule has 1 aliphatic rings. The van der Waals surface area contributed by atoms with Gasteiger partial charge in [0.15, 0.2) is 0 Å². The molecule has 0 saturated carbocycles. The normalized spacial score (nSPS) is 16.2. The van der Waals surface area contributed by atoms with Crippen molar-refractivity contribution < 1.29 is 0 Å². The Bertz CT molecular complexity index is 576. The van der Waals surface area contributed by atoms with Gasteiger partial charge in [-0.2, -0.15) is 5.10 Å². The zero-order valence-corrected chi connectivity index (χ0v) is 13.0. The predicted octanol–water partition coefficient (Wildman–Crippen LogP) is 4.23. The van der Waals surface area contributed by atoms with Crippen molar-refractivity contribution in [2.75, 3.05) is 23.3 Å². The van der Waals surface area contributed by atoms with Gasteiger partial charge in [-0.3, -0.25) is 5.10 Å². The number of H-pyrrole nitrogens is 1. The third kappa shape index (κ3) is 3.16. The molecular formula is C16H21ClN4. The number of nitrogens with zero attached hydrogens (tertiary/aromatic N) is 2. The summed E-state index contributed by atoms with van der Waals surface area (Å²) in [4.78, 5) is 2.36. The van der Waals surface area contributed by atoms with Gasteiger partial charge < -0.3 is 10.2 Å². The van der Waals surface area contributed by atoms with Crippen LogP contribution in [0, 0.1) is 0 Å². The van der Waals surface area contributed by atoms with Gasteiger partial charge in [-0.05, 0) is 37.5 Å². The molecule has 112 valence electrons. The molecule has 2 N–H and O–H groups in total. The Kier molecular flexibility index (Phi) is 4.34. The number of hydrogen-bond acceptors (Lipinski definition) is 3. The third-order valence-corrected chi connectivity index (χ3v) is 4.37. The number of benzene rings is 1. The first-order valence-corrected chi connectivity index (χ1v) is 7.95. The third-order valence-electron chi connectivity index (χ3n) is 4.07. The van der Waals surface area contributed by atoms with Crippen LogP contribution in [0.15, 0.2) is 30.6 Å². The molecule has 1 aromatic carbocycles. The number of halogens is 1. The highest BCUT2D eigenvalue weighted by Crippen LogP contribution is 2.32. The number of aromatic amines is 1. The van der Waals surface area contributed by atoms with Gasteiger partial charge in [-0.15, -0.1) is 0 Å². The maximum Gasteiger partial charge on any atom is 0.0660 e. The van der Waals surface area contributed by atoms with Gasteiger partial charge in [0.2, 0.25) is 0 Å². The minimum atomic E-state index is 0.248. The van der Waals surface area contributed by atoms with Gasteiger partial charge in [0, 0.05) is 30.5 Å². The molecule has 0 unspecified atom stereocenters. The fraction of sp³-hybridized carbons (Fsp3) is 0.438. The fourth-order valence-corrected chi connectivity index (χ4v) is 3.18. The molecule has 4 nitrogen and oxygen atoms in total. The van der Waals surface area contributed by atoms with Crippen LogP contribution in [0.1, 0.15) is 37.8 Å². The SMILES string of the molecule is CC[C@@H](Nc1ccc(N2CCCC2)c(Cl)c1)c1cn[nH]c1. The molecule has 0 spiro atoms. The van der Waals surface area contributed by atoms with Crippen LogP contribution in [0.25, 0.3) is 0 Å². The summed E-state index contributed by atoms with van der Waals surface area (Å²) >= 11 is 6.46.